The maximum atomic E-state index is 12.7. The first-order valence-corrected chi connectivity index (χ1v) is 8.24. The number of rotatable bonds is 5. The number of nitrogens with zero attached hydrogens (tertiary/aromatic N) is 1. The summed E-state index contributed by atoms with van der Waals surface area (Å²) in [6, 6.07) is 1.72. The van der Waals surface area contributed by atoms with Crippen LogP contribution in [0.1, 0.15) is 29.2 Å². The molecule has 22 heavy (non-hydrogen) atoms. The minimum atomic E-state index is -3.71. The van der Waals surface area contributed by atoms with Crippen LogP contribution in [0.25, 0.3) is 0 Å². The SMILES string of the molecule is CC#CCN(C)S(=O)(=O)c1c(C)cc(C)c(CC(=O)O)c1C. The molecule has 0 amide bonds. The molecule has 0 aliphatic carbocycles. The predicted molar refractivity (Wildman–Crippen MR) is 85.3 cm³/mol. The van der Waals surface area contributed by atoms with Crippen molar-refractivity contribution in [3.63, 3.8) is 0 Å². The summed E-state index contributed by atoms with van der Waals surface area (Å²) in [6.07, 6.45) is -0.195. The highest BCUT2D eigenvalue weighted by Gasteiger charge is 2.26. The van der Waals surface area contributed by atoms with Gasteiger partial charge in [0.2, 0.25) is 10.0 Å². The van der Waals surface area contributed by atoms with Crippen molar-refractivity contribution in [3.8, 4) is 11.8 Å². The molecule has 5 nitrogen and oxygen atoms in total. The monoisotopic (exact) mass is 323 g/mol. The zero-order valence-corrected chi connectivity index (χ0v) is 14.3. The van der Waals surface area contributed by atoms with E-state index in [2.05, 4.69) is 11.8 Å². The predicted octanol–water partition coefficient (Wildman–Crippen LogP) is 1.88. The molecule has 0 fully saturated rings. The minimum absolute atomic E-state index is 0.0971. The number of sulfonamides is 1. The van der Waals surface area contributed by atoms with E-state index >= 15 is 0 Å². The third kappa shape index (κ3) is 3.67. The summed E-state index contributed by atoms with van der Waals surface area (Å²) in [4.78, 5) is 11.2. The van der Waals surface area contributed by atoms with Gasteiger partial charge in [-0.2, -0.15) is 4.31 Å². The summed E-state index contributed by atoms with van der Waals surface area (Å²) in [7, 11) is -2.24. The van der Waals surface area contributed by atoms with Crippen molar-refractivity contribution >= 4 is 16.0 Å². The van der Waals surface area contributed by atoms with Crippen molar-refractivity contribution in [3.05, 3.63) is 28.3 Å². The number of hydrogen-bond donors (Lipinski definition) is 1. The average Bonchev–Trinajstić information content (AvgIpc) is 2.39. The Morgan fingerprint density at radius 3 is 2.36 bits per heavy atom. The van der Waals surface area contributed by atoms with Crippen LogP contribution in [-0.2, 0) is 21.2 Å². The Morgan fingerprint density at radius 2 is 1.86 bits per heavy atom. The maximum absolute atomic E-state index is 12.7. The molecule has 0 bridgehead atoms. The Kier molecular flexibility index (Phi) is 5.75. The summed E-state index contributed by atoms with van der Waals surface area (Å²) >= 11 is 0. The Labute approximate surface area is 132 Å². The van der Waals surface area contributed by atoms with E-state index in [1.807, 2.05) is 0 Å². The van der Waals surface area contributed by atoms with Crippen LogP contribution in [0.15, 0.2) is 11.0 Å². The van der Waals surface area contributed by atoms with E-state index in [1.54, 1.807) is 33.8 Å². The first-order chi connectivity index (χ1) is 10.1. The largest absolute Gasteiger partial charge is 0.481 e. The Morgan fingerprint density at radius 1 is 1.27 bits per heavy atom. The topological polar surface area (TPSA) is 74.7 Å². The summed E-state index contributed by atoms with van der Waals surface area (Å²) in [5.74, 6) is 4.41. The molecular weight excluding hydrogens is 302 g/mol. The number of carboxylic acid groups (broad SMARTS) is 1. The highest BCUT2D eigenvalue weighted by molar-refractivity contribution is 7.89. The van der Waals surface area contributed by atoms with Crippen LogP contribution in [-0.4, -0.2) is 37.4 Å². The van der Waals surface area contributed by atoms with Crippen molar-refractivity contribution in [2.75, 3.05) is 13.6 Å². The number of benzene rings is 1. The Balaban J connectivity index is 3.52. The molecule has 1 aromatic rings. The lowest BCUT2D eigenvalue weighted by Crippen LogP contribution is -2.29. The minimum Gasteiger partial charge on any atom is -0.481 e. The molecule has 120 valence electrons. The first kappa shape index (κ1) is 18.2. The second-order valence-electron chi connectivity index (χ2n) is 5.20. The van der Waals surface area contributed by atoms with E-state index in [4.69, 9.17) is 5.11 Å². The summed E-state index contributed by atoms with van der Waals surface area (Å²) in [5, 5.41) is 9.03. The van der Waals surface area contributed by atoms with Crippen LogP contribution in [0.2, 0.25) is 0 Å². The molecule has 0 saturated heterocycles. The number of carbonyl (C=O) groups is 1. The van der Waals surface area contributed by atoms with Crippen LogP contribution in [0.5, 0.6) is 0 Å². The molecular formula is C16H21NO4S. The van der Waals surface area contributed by atoms with Gasteiger partial charge in [-0.3, -0.25) is 4.79 Å². The standard InChI is InChI=1S/C16H21NO4S/c1-6-7-8-17(5)22(20,21)16-12(3)9-11(2)14(13(16)4)10-15(18)19/h9H,8,10H2,1-5H3,(H,18,19). The van der Waals surface area contributed by atoms with Gasteiger partial charge < -0.3 is 5.11 Å². The third-order valence-electron chi connectivity index (χ3n) is 3.54. The van der Waals surface area contributed by atoms with Gasteiger partial charge in [0.25, 0.3) is 0 Å². The molecule has 0 aliphatic heterocycles. The summed E-state index contributed by atoms with van der Waals surface area (Å²) in [6.45, 7) is 6.91. The molecule has 0 atom stereocenters. The summed E-state index contributed by atoms with van der Waals surface area (Å²) in [5.41, 5.74) is 2.44. The van der Waals surface area contributed by atoms with Crippen molar-refractivity contribution in [2.45, 2.75) is 39.0 Å². The lowest BCUT2D eigenvalue weighted by Gasteiger charge is -2.21. The summed E-state index contributed by atoms with van der Waals surface area (Å²) < 4.78 is 26.7. The third-order valence-corrected chi connectivity index (χ3v) is 5.63. The van der Waals surface area contributed by atoms with Gasteiger partial charge in [-0.05, 0) is 49.9 Å². The van der Waals surface area contributed by atoms with Crippen LogP contribution in [0, 0.1) is 32.6 Å². The van der Waals surface area contributed by atoms with Crippen molar-refractivity contribution in [2.24, 2.45) is 0 Å². The van der Waals surface area contributed by atoms with Gasteiger partial charge in [0, 0.05) is 7.05 Å². The van der Waals surface area contributed by atoms with Gasteiger partial charge in [0.15, 0.2) is 0 Å². The van der Waals surface area contributed by atoms with Gasteiger partial charge in [-0.15, -0.1) is 5.92 Å². The molecule has 0 spiro atoms. The van der Waals surface area contributed by atoms with E-state index in [-0.39, 0.29) is 17.9 Å². The van der Waals surface area contributed by atoms with E-state index in [0.29, 0.717) is 16.7 Å². The van der Waals surface area contributed by atoms with Crippen molar-refractivity contribution in [1.29, 1.82) is 0 Å². The Bertz CT molecular complexity index is 755. The number of aliphatic carboxylic acids is 1. The fourth-order valence-electron chi connectivity index (χ4n) is 2.46. The van der Waals surface area contributed by atoms with Crippen LogP contribution in [0.3, 0.4) is 0 Å². The zero-order chi connectivity index (χ0) is 17.1. The number of aryl methyl sites for hydroxylation is 2. The molecule has 0 heterocycles. The first-order valence-electron chi connectivity index (χ1n) is 6.80. The molecule has 6 heteroatoms. The second-order valence-corrected chi connectivity index (χ2v) is 7.18. The average molecular weight is 323 g/mol. The van der Waals surface area contributed by atoms with Crippen LogP contribution in [0.4, 0.5) is 0 Å². The molecule has 0 radical (unpaired) electrons. The number of hydrogen-bond acceptors (Lipinski definition) is 3. The molecule has 1 aromatic carbocycles. The molecule has 0 aromatic heterocycles. The van der Waals surface area contributed by atoms with E-state index < -0.39 is 16.0 Å². The maximum Gasteiger partial charge on any atom is 0.307 e. The van der Waals surface area contributed by atoms with Gasteiger partial charge in [0.05, 0.1) is 17.9 Å². The highest BCUT2D eigenvalue weighted by Crippen LogP contribution is 2.28. The molecule has 0 aliphatic rings. The fourth-order valence-corrected chi connectivity index (χ4v) is 3.98. The van der Waals surface area contributed by atoms with Gasteiger partial charge in [0.1, 0.15) is 0 Å². The normalized spacial score (nSPS) is 11.2. The second kappa shape index (κ2) is 6.95. The van der Waals surface area contributed by atoms with E-state index in [1.165, 1.54) is 11.4 Å². The molecule has 0 saturated carbocycles. The van der Waals surface area contributed by atoms with Gasteiger partial charge >= 0.3 is 5.97 Å². The lowest BCUT2D eigenvalue weighted by atomic mass is 9.97. The van der Waals surface area contributed by atoms with Crippen LogP contribution < -0.4 is 0 Å². The van der Waals surface area contributed by atoms with Gasteiger partial charge in [-0.25, -0.2) is 8.42 Å². The van der Waals surface area contributed by atoms with Crippen molar-refractivity contribution < 1.29 is 18.3 Å². The quantitative estimate of drug-likeness (QED) is 0.840. The lowest BCUT2D eigenvalue weighted by molar-refractivity contribution is -0.136. The van der Waals surface area contributed by atoms with Crippen LogP contribution >= 0.6 is 0 Å². The zero-order valence-electron chi connectivity index (χ0n) is 13.5. The fraction of sp³-hybridized carbons (Fsp3) is 0.438. The molecule has 1 rings (SSSR count). The smallest absolute Gasteiger partial charge is 0.307 e. The Hall–Kier alpha value is -1.84. The van der Waals surface area contributed by atoms with E-state index in [0.717, 1.165) is 5.56 Å². The van der Waals surface area contributed by atoms with Crippen molar-refractivity contribution in [1.82, 2.24) is 4.31 Å². The highest BCUT2D eigenvalue weighted by atomic mass is 32.2. The van der Waals surface area contributed by atoms with Gasteiger partial charge in [-0.1, -0.05) is 12.0 Å². The molecule has 0 unspecified atom stereocenters. The number of carboxylic acids is 1. The van der Waals surface area contributed by atoms with E-state index in [9.17, 15) is 13.2 Å². The molecule has 1 N–H and O–H groups in total.